The summed E-state index contributed by atoms with van der Waals surface area (Å²) in [7, 11) is 0. The third-order valence-corrected chi connectivity index (χ3v) is 3.75. The molecule has 7 heteroatoms. The molecule has 7 nitrogen and oxygen atoms in total. The van der Waals surface area contributed by atoms with Gasteiger partial charge in [-0.3, -0.25) is 0 Å². The van der Waals surface area contributed by atoms with E-state index in [0.29, 0.717) is 34.9 Å². The van der Waals surface area contributed by atoms with E-state index in [2.05, 4.69) is 5.32 Å². The van der Waals surface area contributed by atoms with Crippen molar-refractivity contribution in [2.45, 2.75) is 26.0 Å². The highest BCUT2D eigenvalue weighted by molar-refractivity contribution is 5.78. The Kier molecular flexibility index (Phi) is 7.03. The summed E-state index contributed by atoms with van der Waals surface area (Å²) in [4.78, 5) is 11.7. The highest BCUT2D eigenvalue weighted by Gasteiger charge is 2.17. The highest BCUT2D eigenvalue weighted by Crippen LogP contribution is 2.32. The maximum Gasteiger partial charge on any atom is 0.161 e. The van der Waals surface area contributed by atoms with E-state index in [1.54, 1.807) is 56.3 Å². The van der Waals surface area contributed by atoms with E-state index in [1.165, 1.54) is 0 Å². The summed E-state index contributed by atoms with van der Waals surface area (Å²) in [5.74, 6) is -0.514. The lowest BCUT2D eigenvalue weighted by molar-refractivity contribution is -0.307. The first-order valence-electron chi connectivity index (χ1n) is 8.50. The van der Waals surface area contributed by atoms with Crippen LogP contribution >= 0.6 is 0 Å². The number of carboxylic acid groups (broad SMARTS) is 1. The third kappa shape index (κ3) is 5.36. The predicted octanol–water partition coefficient (Wildman–Crippen LogP) is 1.62. The summed E-state index contributed by atoms with van der Waals surface area (Å²) in [5.41, 5.74) is 1.44. The minimum absolute atomic E-state index is 0.158. The van der Waals surface area contributed by atoms with Crippen LogP contribution in [-0.2, 0) is 4.79 Å². The topological polar surface area (TPSA) is 115 Å². The molecule has 0 heterocycles. The lowest BCUT2D eigenvalue weighted by Gasteiger charge is -2.23. The maximum absolute atomic E-state index is 11.7. The van der Waals surface area contributed by atoms with Gasteiger partial charge in [-0.15, -0.1) is 0 Å². The van der Waals surface area contributed by atoms with Crippen molar-refractivity contribution >= 4 is 11.7 Å². The Morgan fingerprint density at radius 2 is 1.96 bits per heavy atom. The van der Waals surface area contributed by atoms with Crippen LogP contribution in [0.5, 0.6) is 11.5 Å². The summed E-state index contributed by atoms with van der Waals surface area (Å²) >= 11 is 0. The van der Waals surface area contributed by atoms with Gasteiger partial charge in [-0.1, -0.05) is 6.07 Å². The SMILES string of the molecule is CCOc1cc(C(Nc2ccc(C#N)cc2)C(=O)[O-])ccc1OC(C)CO. The molecule has 0 bridgehead atoms. The summed E-state index contributed by atoms with van der Waals surface area (Å²) in [6, 6.07) is 12.1. The molecule has 0 saturated heterocycles. The van der Waals surface area contributed by atoms with Crippen LogP contribution < -0.4 is 19.9 Å². The lowest BCUT2D eigenvalue weighted by Crippen LogP contribution is -2.34. The number of aliphatic carboxylic acids is 1. The lowest BCUT2D eigenvalue weighted by atomic mass is 10.1. The second kappa shape index (κ2) is 9.46. The molecule has 2 aromatic rings. The fourth-order valence-electron chi connectivity index (χ4n) is 2.41. The first-order valence-corrected chi connectivity index (χ1v) is 8.50. The number of anilines is 1. The molecule has 2 unspecified atom stereocenters. The summed E-state index contributed by atoms with van der Waals surface area (Å²) in [6.07, 6.45) is -0.427. The van der Waals surface area contributed by atoms with E-state index in [9.17, 15) is 9.90 Å². The highest BCUT2D eigenvalue weighted by atomic mass is 16.5. The fourth-order valence-corrected chi connectivity index (χ4v) is 2.41. The van der Waals surface area contributed by atoms with E-state index < -0.39 is 18.1 Å². The number of carbonyl (C=O) groups excluding carboxylic acids is 1. The number of aliphatic hydroxyl groups is 1. The van der Waals surface area contributed by atoms with Gasteiger partial charge in [0, 0.05) is 5.69 Å². The number of rotatable bonds is 9. The number of nitrogens with zero attached hydrogens (tertiary/aromatic N) is 1. The molecule has 0 aliphatic carbocycles. The third-order valence-electron chi connectivity index (χ3n) is 3.75. The number of benzene rings is 2. The van der Waals surface area contributed by atoms with Gasteiger partial charge in [-0.25, -0.2) is 0 Å². The van der Waals surface area contributed by atoms with Gasteiger partial charge in [0.25, 0.3) is 0 Å². The largest absolute Gasteiger partial charge is 0.548 e. The Bertz CT molecular complexity index is 814. The van der Waals surface area contributed by atoms with Crippen molar-refractivity contribution in [1.82, 2.24) is 0 Å². The van der Waals surface area contributed by atoms with Crippen molar-refractivity contribution in [3.8, 4) is 17.6 Å². The van der Waals surface area contributed by atoms with Crippen LogP contribution in [0.25, 0.3) is 0 Å². The quantitative estimate of drug-likeness (QED) is 0.690. The van der Waals surface area contributed by atoms with Gasteiger partial charge in [0.1, 0.15) is 6.10 Å². The van der Waals surface area contributed by atoms with Crippen molar-refractivity contribution < 1.29 is 24.5 Å². The molecular weight excluding hydrogens is 348 g/mol. The van der Waals surface area contributed by atoms with E-state index in [-0.39, 0.29) is 6.61 Å². The Labute approximate surface area is 157 Å². The Balaban J connectivity index is 2.31. The van der Waals surface area contributed by atoms with Gasteiger partial charge in [0.2, 0.25) is 0 Å². The molecular formula is C20H21N2O5-. The number of ether oxygens (including phenoxy) is 2. The van der Waals surface area contributed by atoms with Gasteiger partial charge in [0.15, 0.2) is 11.5 Å². The van der Waals surface area contributed by atoms with Crippen LogP contribution in [0, 0.1) is 11.3 Å². The van der Waals surface area contributed by atoms with E-state index in [4.69, 9.17) is 19.8 Å². The van der Waals surface area contributed by atoms with E-state index in [1.807, 2.05) is 6.07 Å². The zero-order valence-corrected chi connectivity index (χ0v) is 15.1. The summed E-state index contributed by atoms with van der Waals surface area (Å²) in [5, 5.41) is 32.6. The van der Waals surface area contributed by atoms with Gasteiger partial charge >= 0.3 is 0 Å². The van der Waals surface area contributed by atoms with Crippen LogP contribution in [0.1, 0.15) is 31.0 Å². The second-order valence-corrected chi connectivity index (χ2v) is 5.84. The minimum Gasteiger partial charge on any atom is -0.548 e. The Morgan fingerprint density at radius 3 is 2.52 bits per heavy atom. The summed E-state index contributed by atoms with van der Waals surface area (Å²) < 4.78 is 11.1. The Hall–Kier alpha value is -3.24. The molecule has 2 atom stereocenters. The minimum atomic E-state index is -1.31. The number of carbonyl (C=O) groups is 1. The first kappa shape index (κ1) is 20.1. The smallest absolute Gasteiger partial charge is 0.161 e. The van der Waals surface area contributed by atoms with Crippen LogP contribution in [-0.4, -0.2) is 30.4 Å². The average Bonchev–Trinajstić information content (AvgIpc) is 2.67. The second-order valence-electron chi connectivity index (χ2n) is 5.84. The van der Waals surface area contributed by atoms with Gasteiger partial charge < -0.3 is 29.8 Å². The van der Waals surface area contributed by atoms with Crippen molar-refractivity contribution in [3.63, 3.8) is 0 Å². The summed E-state index contributed by atoms with van der Waals surface area (Å²) in [6.45, 7) is 3.72. The Morgan fingerprint density at radius 1 is 1.26 bits per heavy atom. The van der Waals surface area contributed by atoms with Crippen molar-refractivity contribution in [3.05, 3.63) is 53.6 Å². The first-order chi connectivity index (χ1) is 13.0. The van der Waals surface area contributed by atoms with Gasteiger partial charge in [-0.05, 0) is 55.8 Å². The van der Waals surface area contributed by atoms with E-state index >= 15 is 0 Å². The molecule has 142 valence electrons. The number of nitrogens with one attached hydrogen (secondary N) is 1. The molecule has 2 aromatic carbocycles. The molecule has 2 rings (SSSR count). The van der Waals surface area contributed by atoms with Crippen LogP contribution in [0.2, 0.25) is 0 Å². The monoisotopic (exact) mass is 369 g/mol. The molecule has 0 aliphatic rings. The molecule has 0 radical (unpaired) electrons. The van der Waals surface area contributed by atoms with Crippen LogP contribution in [0.4, 0.5) is 5.69 Å². The van der Waals surface area contributed by atoms with Crippen molar-refractivity contribution in [2.24, 2.45) is 0 Å². The predicted molar refractivity (Wildman–Crippen MR) is 97.3 cm³/mol. The number of hydrogen-bond acceptors (Lipinski definition) is 7. The number of aliphatic hydroxyl groups excluding tert-OH is 1. The van der Waals surface area contributed by atoms with Crippen LogP contribution in [0.15, 0.2) is 42.5 Å². The van der Waals surface area contributed by atoms with Gasteiger partial charge in [0.05, 0.1) is 36.9 Å². The van der Waals surface area contributed by atoms with Crippen LogP contribution in [0.3, 0.4) is 0 Å². The number of hydrogen-bond donors (Lipinski definition) is 2. The molecule has 0 aromatic heterocycles. The fraction of sp³-hybridized carbons (Fsp3) is 0.300. The molecule has 0 fully saturated rings. The number of carboxylic acids is 1. The number of nitriles is 1. The molecule has 0 amide bonds. The maximum atomic E-state index is 11.7. The molecule has 0 spiro atoms. The average molecular weight is 369 g/mol. The standard InChI is InChI=1S/C20H22N2O5/c1-3-26-18-10-15(6-9-17(18)27-13(2)12-23)19(20(24)25)22-16-7-4-14(11-21)5-8-16/h4-10,13,19,22-23H,3,12H2,1-2H3,(H,24,25)/p-1. The van der Waals surface area contributed by atoms with Crippen molar-refractivity contribution in [1.29, 1.82) is 5.26 Å². The molecule has 2 N–H and O–H groups in total. The van der Waals surface area contributed by atoms with Gasteiger partial charge in [-0.2, -0.15) is 5.26 Å². The molecule has 0 saturated carbocycles. The van der Waals surface area contributed by atoms with E-state index in [0.717, 1.165) is 0 Å². The normalized spacial score (nSPS) is 12.5. The zero-order valence-electron chi connectivity index (χ0n) is 15.1. The zero-order chi connectivity index (χ0) is 19.8. The molecule has 0 aliphatic heterocycles. The molecule has 27 heavy (non-hydrogen) atoms. The van der Waals surface area contributed by atoms with Crippen molar-refractivity contribution in [2.75, 3.05) is 18.5 Å².